The van der Waals surface area contributed by atoms with Gasteiger partial charge >= 0.3 is 6.09 Å². The molecule has 0 atom stereocenters. The van der Waals surface area contributed by atoms with E-state index in [0.717, 1.165) is 10.2 Å². The molecule has 0 radical (unpaired) electrons. The summed E-state index contributed by atoms with van der Waals surface area (Å²) in [5.41, 5.74) is 1.02. The average molecular weight is 218 g/mol. The number of ether oxygens (including phenoxy) is 1. The Hall–Kier alpha value is -2.30. The number of rotatable bonds is 3. The second-order valence-electron chi connectivity index (χ2n) is 3.18. The molecule has 1 aromatic heterocycles. The Kier molecular flexibility index (Phi) is 2.86. The molecular weight excluding hydrogens is 208 g/mol. The molecule has 0 aliphatic heterocycles. The molecule has 0 fully saturated rings. The van der Waals surface area contributed by atoms with Crippen molar-refractivity contribution in [1.29, 1.82) is 0 Å². The van der Waals surface area contributed by atoms with Crippen LogP contribution in [0.5, 0.6) is 5.75 Å². The van der Waals surface area contributed by atoms with Gasteiger partial charge in [-0.1, -0.05) is 30.3 Å². The molecule has 0 unspecified atom stereocenters. The minimum absolute atomic E-state index is 0.395. The SMILES string of the molecule is O=C(O)n1cc(OCc2ccccc2)cn1. The van der Waals surface area contributed by atoms with Crippen LogP contribution in [0.3, 0.4) is 0 Å². The van der Waals surface area contributed by atoms with E-state index < -0.39 is 6.09 Å². The van der Waals surface area contributed by atoms with Gasteiger partial charge in [-0.25, -0.2) is 4.79 Å². The molecule has 2 aromatic rings. The van der Waals surface area contributed by atoms with Gasteiger partial charge in [0.25, 0.3) is 0 Å². The Balaban J connectivity index is 1.97. The molecule has 0 bridgehead atoms. The monoisotopic (exact) mass is 218 g/mol. The van der Waals surface area contributed by atoms with Gasteiger partial charge in [-0.05, 0) is 5.56 Å². The first-order chi connectivity index (χ1) is 7.75. The summed E-state index contributed by atoms with van der Waals surface area (Å²) in [4.78, 5) is 10.5. The van der Waals surface area contributed by atoms with Crippen LogP contribution in [0.2, 0.25) is 0 Å². The van der Waals surface area contributed by atoms with Crippen molar-refractivity contribution in [1.82, 2.24) is 9.78 Å². The highest BCUT2D eigenvalue weighted by Crippen LogP contribution is 2.10. The highest BCUT2D eigenvalue weighted by Gasteiger charge is 2.04. The topological polar surface area (TPSA) is 64.3 Å². The smallest absolute Gasteiger partial charge is 0.432 e. The number of hydrogen-bond acceptors (Lipinski definition) is 3. The predicted octanol–water partition coefficient (Wildman–Crippen LogP) is 1.99. The van der Waals surface area contributed by atoms with Gasteiger partial charge in [0.2, 0.25) is 0 Å². The lowest BCUT2D eigenvalue weighted by Crippen LogP contribution is -2.07. The largest absolute Gasteiger partial charge is 0.486 e. The van der Waals surface area contributed by atoms with E-state index in [1.54, 1.807) is 0 Å². The van der Waals surface area contributed by atoms with Crippen LogP contribution < -0.4 is 4.74 Å². The average Bonchev–Trinajstić information content (AvgIpc) is 2.76. The van der Waals surface area contributed by atoms with Gasteiger partial charge in [0, 0.05) is 0 Å². The van der Waals surface area contributed by atoms with Crippen molar-refractivity contribution in [2.45, 2.75) is 6.61 Å². The molecule has 1 heterocycles. The van der Waals surface area contributed by atoms with Crippen molar-refractivity contribution in [2.75, 3.05) is 0 Å². The number of hydrogen-bond donors (Lipinski definition) is 1. The third-order valence-corrected chi connectivity index (χ3v) is 2.00. The van der Waals surface area contributed by atoms with Crippen molar-refractivity contribution in [2.24, 2.45) is 0 Å². The number of aromatic nitrogens is 2. The lowest BCUT2D eigenvalue weighted by molar-refractivity contribution is 0.192. The maximum absolute atomic E-state index is 10.5. The number of benzene rings is 1. The molecule has 0 spiro atoms. The highest BCUT2D eigenvalue weighted by atomic mass is 16.5. The lowest BCUT2D eigenvalue weighted by Gasteiger charge is -2.02. The summed E-state index contributed by atoms with van der Waals surface area (Å²) < 4.78 is 6.18. The molecule has 5 heteroatoms. The number of carbonyl (C=O) groups is 1. The van der Waals surface area contributed by atoms with E-state index in [-0.39, 0.29) is 0 Å². The van der Waals surface area contributed by atoms with Gasteiger partial charge in [-0.15, -0.1) is 0 Å². The van der Waals surface area contributed by atoms with Crippen molar-refractivity contribution < 1.29 is 14.6 Å². The van der Waals surface area contributed by atoms with Crippen LogP contribution in [-0.2, 0) is 6.61 Å². The van der Waals surface area contributed by atoms with Crippen molar-refractivity contribution >= 4 is 6.09 Å². The Labute approximate surface area is 91.9 Å². The molecular formula is C11H10N2O3. The Morgan fingerprint density at radius 2 is 2.12 bits per heavy atom. The minimum atomic E-state index is -1.13. The zero-order valence-electron chi connectivity index (χ0n) is 8.41. The number of nitrogens with zero attached hydrogens (tertiary/aromatic N) is 2. The molecule has 0 saturated heterocycles. The zero-order chi connectivity index (χ0) is 11.4. The third-order valence-electron chi connectivity index (χ3n) is 2.00. The zero-order valence-corrected chi connectivity index (χ0v) is 8.41. The molecule has 1 N–H and O–H groups in total. The molecule has 16 heavy (non-hydrogen) atoms. The molecule has 0 amide bonds. The fourth-order valence-corrected chi connectivity index (χ4v) is 1.23. The first kappa shape index (κ1) is 10.2. The molecule has 0 aliphatic rings. The molecule has 2 rings (SSSR count). The normalized spacial score (nSPS) is 10.0. The maximum Gasteiger partial charge on any atom is 0.432 e. The second-order valence-corrected chi connectivity index (χ2v) is 3.18. The summed E-state index contributed by atoms with van der Waals surface area (Å²) in [5.74, 6) is 0.436. The third kappa shape index (κ3) is 2.38. The van der Waals surface area contributed by atoms with Gasteiger partial charge in [0.1, 0.15) is 6.61 Å². The van der Waals surface area contributed by atoms with Crippen LogP contribution in [0.25, 0.3) is 0 Å². The first-order valence-electron chi connectivity index (χ1n) is 4.70. The van der Waals surface area contributed by atoms with Crippen LogP contribution in [0.4, 0.5) is 4.79 Å². The van der Waals surface area contributed by atoms with Gasteiger partial charge < -0.3 is 9.84 Å². The van der Waals surface area contributed by atoms with Crippen LogP contribution in [0, 0.1) is 0 Å². The maximum atomic E-state index is 10.5. The lowest BCUT2D eigenvalue weighted by atomic mass is 10.2. The second kappa shape index (κ2) is 4.48. The minimum Gasteiger partial charge on any atom is -0.486 e. The van der Waals surface area contributed by atoms with E-state index in [0.29, 0.717) is 12.4 Å². The standard InChI is InChI=1S/C11H10N2O3/c14-11(15)13-7-10(6-12-13)16-8-9-4-2-1-3-5-9/h1-7H,8H2,(H,14,15). The summed E-state index contributed by atoms with van der Waals surface area (Å²) in [6.45, 7) is 0.395. The Morgan fingerprint density at radius 1 is 1.38 bits per heavy atom. The van der Waals surface area contributed by atoms with Crippen LogP contribution in [-0.4, -0.2) is 21.0 Å². The van der Waals surface area contributed by atoms with Gasteiger partial charge in [0.15, 0.2) is 5.75 Å². The molecule has 5 nitrogen and oxygen atoms in total. The van der Waals surface area contributed by atoms with Gasteiger partial charge in [-0.2, -0.15) is 9.78 Å². The molecule has 0 aliphatic carbocycles. The van der Waals surface area contributed by atoms with Crippen molar-refractivity contribution in [3.05, 3.63) is 48.3 Å². The fraction of sp³-hybridized carbons (Fsp3) is 0.0909. The summed E-state index contributed by atoms with van der Waals surface area (Å²) in [7, 11) is 0. The van der Waals surface area contributed by atoms with E-state index in [9.17, 15) is 4.79 Å². The Morgan fingerprint density at radius 3 is 2.75 bits per heavy atom. The van der Waals surface area contributed by atoms with E-state index >= 15 is 0 Å². The predicted molar refractivity (Wildman–Crippen MR) is 56.4 cm³/mol. The fourth-order valence-electron chi connectivity index (χ4n) is 1.23. The molecule has 0 saturated carbocycles. The van der Waals surface area contributed by atoms with Crippen molar-refractivity contribution in [3.63, 3.8) is 0 Å². The Bertz CT molecular complexity index is 479. The highest BCUT2D eigenvalue weighted by molar-refractivity contribution is 5.66. The quantitative estimate of drug-likeness (QED) is 0.855. The molecule has 82 valence electrons. The van der Waals surface area contributed by atoms with E-state index in [2.05, 4.69) is 5.10 Å². The van der Waals surface area contributed by atoms with E-state index in [4.69, 9.17) is 9.84 Å². The van der Waals surface area contributed by atoms with E-state index in [1.807, 2.05) is 30.3 Å². The van der Waals surface area contributed by atoms with Crippen molar-refractivity contribution in [3.8, 4) is 5.75 Å². The number of carboxylic acid groups (broad SMARTS) is 1. The van der Waals surface area contributed by atoms with Gasteiger partial charge in [-0.3, -0.25) is 0 Å². The van der Waals surface area contributed by atoms with Crippen LogP contribution >= 0.6 is 0 Å². The van der Waals surface area contributed by atoms with Crippen LogP contribution in [0.15, 0.2) is 42.7 Å². The van der Waals surface area contributed by atoms with Crippen LogP contribution in [0.1, 0.15) is 5.56 Å². The summed E-state index contributed by atoms with van der Waals surface area (Å²) >= 11 is 0. The summed E-state index contributed by atoms with van der Waals surface area (Å²) in [6.07, 6.45) is 1.57. The summed E-state index contributed by atoms with van der Waals surface area (Å²) in [6, 6.07) is 9.62. The first-order valence-corrected chi connectivity index (χ1v) is 4.70. The summed E-state index contributed by atoms with van der Waals surface area (Å²) in [5, 5.41) is 12.2. The van der Waals surface area contributed by atoms with E-state index in [1.165, 1.54) is 12.4 Å². The molecule has 1 aromatic carbocycles. The van der Waals surface area contributed by atoms with Gasteiger partial charge in [0.05, 0.1) is 12.4 Å².